The van der Waals surface area contributed by atoms with Gasteiger partial charge in [-0.2, -0.15) is 12.7 Å². The molecule has 1 aromatic rings. The van der Waals surface area contributed by atoms with E-state index in [0.717, 1.165) is 48.6 Å². The molecule has 320 valence electrons. The Balaban J connectivity index is 1.27. The van der Waals surface area contributed by atoms with Crippen LogP contribution < -0.4 is 15.4 Å². The summed E-state index contributed by atoms with van der Waals surface area (Å²) in [6, 6.07) is 5.64. The van der Waals surface area contributed by atoms with Crippen LogP contribution in [0.1, 0.15) is 102 Å². The summed E-state index contributed by atoms with van der Waals surface area (Å²) in [6.45, 7) is 8.03. The van der Waals surface area contributed by atoms with E-state index < -0.39 is 75.4 Å². The second-order valence-corrected chi connectivity index (χ2v) is 19.4. The SMILES string of the molecule is CN(C)S(=O)(=O)NC(=O)[C@@]12C[C@@H]1/C=C\CCCCC[C@H](NC(=O)OC(C)(C)C)C(=O)N1C[C@H](OC(=O)N3CCc4ccccc4C3CN3CCCCC3)C[C@H]1C(=O)N2. The molecule has 1 saturated carbocycles. The van der Waals surface area contributed by atoms with Crippen molar-refractivity contribution in [1.82, 2.24) is 34.4 Å². The fraction of sp³-hybridized carbons (Fsp3) is 0.683. The molecule has 0 spiro atoms. The quantitative estimate of drug-likeness (QED) is 0.344. The number of alkyl carbamates (subject to hydrolysis) is 1. The maximum absolute atomic E-state index is 14.6. The van der Waals surface area contributed by atoms with E-state index in [-0.39, 0.29) is 31.8 Å². The monoisotopic (exact) mass is 827 g/mol. The van der Waals surface area contributed by atoms with Gasteiger partial charge in [-0.05, 0) is 89.9 Å². The summed E-state index contributed by atoms with van der Waals surface area (Å²) >= 11 is 0. The standard InChI is InChI=1S/C41H61N7O9S/c1-40(2,3)57-38(52)42-32-19-11-8-6-7-10-17-29-25-41(29,37(51)44-58(54,55)45(4)5)43-35(49)33-24-30(26-48(33)36(32)50)56-39(53)47-23-20-28-16-12-13-18-31(28)34(47)27-46-21-14-9-15-22-46/h10,12-13,16-18,29-30,32-34H,6-9,11,14-15,19-27H2,1-5H3,(H,42,52)(H,43,49)(H,44,51)/b17-10-/t29-,30+,32-,33-,34?,41+/m0/s1. The van der Waals surface area contributed by atoms with Gasteiger partial charge in [0.25, 0.3) is 5.91 Å². The van der Waals surface area contributed by atoms with Crippen LogP contribution in [0.25, 0.3) is 0 Å². The van der Waals surface area contributed by atoms with Crippen LogP contribution in [-0.4, -0.2) is 133 Å². The van der Waals surface area contributed by atoms with Gasteiger partial charge < -0.3 is 29.9 Å². The molecule has 3 N–H and O–H groups in total. The number of hydrogen-bond donors (Lipinski definition) is 3. The van der Waals surface area contributed by atoms with E-state index in [4.69, 9.17) is 9.47 Å². The predicted octanol–water partition coefficient (Wildman–Crippen LogP) is 3.39. The fourth-order valence-corrected chi connectivity index (χ4v) is 9.18. The van der Waals surface area contributed by atoms with E-state index in [9.17, 15) is 32.4 Å². The maximum Gasteiger partial charge on any atom is 0.410 e. The molecule has 58 heavy (non-hydrogen) atoms. The molecule has 2 saturated heterocycles. The Morgan fingerprint density at radius 1 is 1.00 bits per heavy atom. The number of carbonyl (C=O) groups excluding carboxylic acids is 5. The summed E-state index contributed by atoms with van der Waals surface area (Å²) in [7, 11) is -1.61. The molecule has 1 aromatic carbocycles. The average molecular weight is 828 g/mol. The second-order valence-electron chi connectivity index (χ2n) is 17.5. The van der Waals surface area contributed by atoms with Crippen molar-refractivity contribution in [3.63, 3.8) is 0 Å². The van der Waals surface area contributed by atoms with E-state index >= 15 is 0 Å². The molecule has 3 fully saturated rings. The van der Waals surface area contributed by atoms with E-state index in [1.54, 1.807) is 25.7 Å². The Labute approximate surface area is 342 Å². The van der Waals surface area contributed by atoms with Gasteiger partial charge in [0.1, 0.15) is 29.3 Å². The van der Waals surface area contributed by atoms with Crippen molar-refractivity contribution in [2.24, 2.45) is 5.92 Å². The van der Waals surface area contributed by atoms with Crippen molar-refractivity contribution in [1.29, 1.82) is 0 Å². The molecular weight excluding hydrogens is 767 g/mol. The van der Waals surface area contributed by atoms with E-state index in [1.807, 2.05) is 24.3 Å². The molecule has 16 nitrogen and oxygen atoms in total. The van der Waals surface area contributed by atoms with Crippen molar-refractivity contribution in [3.05, 3.63) is 47.5 Å². The Morgan fingerprint density at radius 2 is 1.72 bits per heavy atom. The first kappa shape index (κ1) is 43.4. The smallest absolute Gasteiger partial charge is 0.410 e. The minimum absolute atomic E-state index is 0.0715. The van der Waals surface area contributed by atoms with Gasteiger partial charge in [-0.1, -0.05) is 55.7 Å². The number of likely N-dealkylation sites (tertiary alicyclic amines) is 1. The first-order chi connectivity index (χ1) is 27.5. The molecule has 5 amide bonds. The minimum Gasteiger partial charge on any atom is -0.444 e. The molecule has 0 aromatic heterocycles. The van der Waals surface area contributed by atoms with E-state index in [0.29, 0.717) is 32.4 Å². The van der Waals surface area contributed by atoms with Gasteiger partial charge in [0, 0.05) is 39.5 Å². The maximum atomic E-state index is 14.6. The molecule has 1 unspecified atom stereocenters. The van der Waals surface area contributed by atoms with Gasteiger partial charge in [0.2, 0.25) is 11.8 Å². The summed E-state index contributed by atoms with van der Waals surface area (Å²) < 4.78 is 40.2. The third kappa shape index (κ3) is 10.3. The number of rotatable bonds is 7. The van der Waals surface area contributed by atoms with E-state index in [1.165, 1.54) is 31.0 Å². The lowest BCUT2D eigenvalue weighted by atomic mass is 9.92. The molecule has 4 aliphatic heterocycles. The number of piperidine rings is 1. The lowest BCUT2D eigenvalue weighted by Gasteiger charge is -2.40. The van der Waals surface area contributed by atoms with Crippen LogP contribution in [0, 0.1) is 5.92 Å². The fourth-order valence-electron chi connectivity index (χ4n) is 8.58. The number of hydrogen-bond acceptors (Lipinski definition) is 10. The molecule has 0 bridgehead atoms. The highest BCUT2D eigenvalue weighted by Gasteiger charge is 2.62. The zero-order valence-electron chi connectivity index (χ0n) is 34.5. The number of nitrogens with zero attached hydrogens (tertiary/aromatic N) is 4. The number of ether oxygens (including phenoxy) is 2. The normalized spacial score (nSPS) is 29.1. The lowest BCUT2D eigenvalue weighted by molar-refractivity contribution is -0.141. The summed E-state index contributed by atoms with van der Waals surface area (Å²) in [5, 5.41) is 5.56. The van der Waals surface area contributed by atoms with Crippen molar-refractivity contribution in [2.75, 3.05) is 46.8 Å². The molecule has 6 rings (SSSR count). The molecule has 0 radical (unpaired) electrons. The Hall–Kier alpha value is -4.22. The van der Waals surface area contributed by atoms with Gasteiger partial charge in [0.05, 0.1) is 12.6 Å². The second kappa shape index (κ2) is 18.0. The third-order valence-electron chi connectivity index (χ3n) is 11.8. The summed E-state index contributed by atoms with van der Waals surface area (Å²) in [5.41, 5.74) is -0.146. The first-order valence-corrected chi connectivity index (χ1v) is 22.2. The molecule has 4 heterocycles. The summed E-state index contributed by atoms with van der Waals surface area (Å²) in [5.74, 6) is -2.62. The highest BCUT2D eigenvalue weighted by atomic mass is 32.2. The van der Waals surface area contributed by atoms with Gasteiger partial charge in [-0.3, -0.25) is 19.3 Å². The highest BCUT2D eigenvalue weighted by Crippen LogP contribution is 2.46. The molecule has 17 heteroatoms. The van der Waals surface area contributed by atoms with Gasteiger partial charge in [-0.15, -0.1) is 0 Å². The number of benzene rings is 1. The number of fused-ring (bicyclic) bond motifs is 3. The highest BCUT2D eigenvalue weighted by molar-refractivity contribution is 7.87. The minimum atomic E-state index is -4.19. The first-order valence-electron chi connectivity index (χ1n) is 20.8. The third-order valence-corrected chi connectivity index (χ3v) is 13.2. The average Bonchev–Trinajstić information content (AvgIpc) is 3.69. The summed E-state index contributed by atoms with van der Waals surface area (Å²) in [6.07, 6.45) is 8.69. The molecular formula is C41H61N7O9S. The van der Waals surface area contributed by atoms with Crippen LogP contribution in [0.2, 0.25) is 0 Å². The number of carbonyl (C=O) groups is 5. The zero-order valence-corrected chi connectivity index (χ0v) is 35.4. The van der Waals surface area contributed by atoms with Crippen LogP contribution >= 0.6 is 0 Å². The predicted molar refractivity (Wildman–Crippen MR) is 215 cm³/mol. The molecule has 5 aliphatic rings. The Kier molecular flexibility index (Phi) is 13.4. The molecule has 6 atom stereocenters. The van der Waals surface area contributed by atoms with Crippen molar-refractivity contribution < 1.29 is 41.9 Å². The Bertz CT molecular complexity index is 1840. The van der Waals surface area contributed by atoms with Gasteiger partial charge in [-0.25, -0.2) is 14.3 Å². The van der Waals surface area contributed by atoms with Gasteiger partial charge >= 0.3 is 22.4 Å². The van der Waals surface area contributed by atoms with Crippen molar-refractivity contribution >= 4 is 40.1 Å². The van der Waals surface area contributed by atoms with Gasteiger partial charge in [0.15, 0.2) is 0 Å². The number of allylic oxidation sites excluding steroid dienone is 1. The Morgan fingerprint density at radius 3 is 2.45 bits per heavy atom. The largest absolute Gasteiger partial charge is 0.444 e. The summed E-state index contributed by atoms with van der Waals surface area (Å²) in [4.78, 5) is 75.5. The topological polar surface area (TPSA) is 187 Å². The van der Waals surface area contributed by atoms with Crippen LogP contribution in [-0.2, 0) is 40.5 Å². The van der Waals surface area contributed by atoms with Crippen LogP contribution in [0.4, 0.5) is 9.59 Å². The zero-order chi connectivity index (χ0) is 41.8. The van der Waals surface area contributed by atoms with Crippen molar-refractivity contribution in [3.8, 4) is 0 Å². The van der Waals surface area contributed by atoms with Crippen LogP contribution in [0.3, 0.4) is 0 Å². The number of amides is 5. The van der Waals surface area contributed by atoms with Crippen LogP contribution in [0.5, 0.6) is 0 Å². The van der Waals surface area contributed by atoms with Crippen LogP contribution in [0.15, 0.2) is 36.4 Å². The van der Waals surface area contributed by atoms with Crippen molar-refractivity contribution in [2.45, 2.75) is 127 Å². The lowest BCUT2D eigenvalue weighted by Crippen LogP contribution is -2.58. The molecule has 1 aliphatic carbocycles. The number of nitrogens with one attached hydrogen (secondary N) is 3. The van der Waals surface area contributed by atoms with E-state index in [2.05, 4.69) is 32.4 Å².